The number of aryl methyl sites for hydroxylation is 1. The lowest BCUT2D eigenvalue weighted by Gasteiger charge is -2.39. The standard InChI is InChI=1S/C25H22ClN7O3S/c26-15-7-16(24(36)33-19(15)21(34)31-25(33)4-1-5-25)30-20-18-14-3-2-13(23(35)32-9-12(8-27)10-32)6-17(14)37-22(18)29-11-28-20/h7,11-13H,1-6,9-10H2,(H,31,34)(H,28,29,30)/t13-/m0/s1. The second-order valence-electron chi connectivity index (χ2n) is 10.3. The summed E-state index contributed by atoms with van der Waals surface area (Å²) in [4.78, 5) is 51.6. The van der Waals surface area contributed by atoms with E-state index in [0.29, 0.717) is 51.0 Å². The van der Waals surface area contributed by atoms with Crippen molar-refractivity contribution in [2.75, 3.05) is 18.4 Å². The van der Waals surface area contributed by atoms with Gasteiger partial charge < -0.3 is 15.5 Å². The first kappa shape index (κ1) is 22.7. The van der Waals surface area contributed by atoms with Gasteiger partial charge >= 0.3 is 0 Å². The minimum absolute atomic E-state index is 0.0544. The summed E-state index contributed by atoms with van der Waals surface area (Å²) in [6.45, 7) is 1.04. The third-order valence-corrected chi connectivity index (χ3v) is 9.60. The Kier molecular flexibility index (Phi) is 4.91. The molecule has 3 aromatic heterocycles. The first-order chi connectivity index (χ1) is 17.9. The number of carbonyl (C=O) groups is 2. The zero-order valence-electron chi connectivity index (χ0n) is 19.7. The number of nitrogens with zero attached hydrogens (tertiary/aromatic N) is 5. The SMILES string of the molecule is N#CC1CN(C(=O)[C@H]2CCc3c(sc4ncnc(Nc5cc(Cl)c6n(c5=O)C5(CCC5)NC6=O)c34)C2)C1. The fourth-order valence-electron chi connectivity index (χ4n) is 6.02. The summed E-state index contributed by atoms with van der Waals surface area (Å²) in [5.74, 6) is 0.151. The number of anilines is 2. The first-order valence-electron chi connectivity index (χ1n) is 12.4. The summed E-state index contributed by atoms with van der Waals surface area (Å²) >= 11 is 8.04. The van der Waals surface area contributed by atoms with Gasteiger partial charge in [0, 0.05) is 23.9 Å². The highest BCUT2D eigenvalue weighted by molar-refractivity contribution is 7.19. The minimum Gasteiger partial charge on any atom is -0.340 e. The topological polar surface area (TPSA) is 133 Å². The number of aromatic nitrogens is 3. The summed E-state index contributed by atoms with van der Waals surface area (Å²) in [6.07, 6.45) is 5.81. The van der Waals surface area contributed by atoms with Crippen LogP contribution in [0.15, 0.2) is 17.2 Å². The predicted octanol–water partition coefficient (Wildman–Crippen LogP) is 2.92. The highest BCUT2D eigenvalue weighted by atomic mass is 35.5. The van der Waals surface area contributed by atoms with E-state index in [-0.39, 0.29) is 45.6 Å². The Labute approximate surface area is 220 Å². The number of likely N-dealkylation sites (tertiary alicyclic amines) is 1. The molecule has 1 spiro atoms. The molecule has 2 aliphatic carbocycles. The average molecular weight is 536 g/mol. The fourth-order valence-corrected chi connectivity index (χ4v) is 7.57. The maximum Gasteiger partial charge on any atom is 0.276 e. The monoisotopic (exact) mass is 535 g/mol. The number of fused-ring (bicyclic) bond motifs is 5. The van der Waals surface area contributed by atoms with E-state index in [0.717, 1.165) is 27.1 Å². The molecule has 0 aromatic carbocycles. The first-order valence-corrected chi connectivity index (χ1v) is 13.6. The number of hydrogen-bond acceptors (Lipinski definition) is 8. The van der Waals surface area contributed by atoms with Crippen LogP contribution in [0.5, 0.6) is 0 Å². The molecule has 1 saturated heterocycles. The molecule has 5 heterocycles. The Hall–Kier alpha value is -3.49. The van der Waals surface area contributed by atoms with Crippen LogP contribution in [0.25, 0.3) is 10.2 Å². The van der Waals surface area contributed by atoms with Crippen LogP contribution < -0.4 is 16.2 Å². The van der Waals surface area contributed by atoms with Gasteiger partial charge in [-0.25, -0.2) is 9.97 Å². The van der Waals surface area contributed by atoms with Crippen molar-refractivity contribution in [1.29, 1.82) is 5.26 Å². The molecule has 2 amide bonds. The average Bonchev–Trinajstić information content (AvgIpc) is 3.37. The van der Waals surface area contributed by atoms with Gasteiger partial charge in [0.25, 0.3) is 11.5 Å². The molecule has 1 atom stereocenters. The van der Waals surface area contributed by atoms with Crippen LogP contribution in [0.1, 0.15) is 46.6 Å². The summed E-state index contributed by atoms with van der Waals surface area (Å²) < 4.78 is 1.51. The maximum absolute atomic E-state index is 13.5. The number of nitrogens with one attached hydrogen (secondary N) is 2. The molecular weight excluding hydrogens is 514 g/mol. The van der Waals surface area contributed by atoms with Crippen molar-refractivity contribution in [3.63, 3.8) is 0 Å². The van der Waals surface area contributed by atoms with Gasteiger partial charge in [0.2, 0.25) is 5.91 Å². The Morgan fingerprint density at radius 3 is 2.84 bits per heavy atom. The number of halogens is 1. The third-order valence-electron chi connectivity index (χ3n) is 8.15. The Morgan fingerprint density at radius 2 is 2.11 bits per heavy atom. The van der Waals surface area contributed by atoms with Gasteiger partial charge in [-0.2, -0.15) is 5.26 Å². The number of hydrogen-bond donors (Lipinski definition) is 2. The molecule has 2 fully saturated rings. The van der Waals surface area contributed by atoms with Crippen molar-refractivity contribution in [2.24, 2.45) is 11.8 Å². The third kappa shape index (κ3) is 3.25. The predicted molar refractivity (Wildman–Crippen MR) is 137 cm³/mol. The molecule has 4 aliphatic rings. The number of carbonyl (C=O) groups excluding carboxylic acids is 2. The molecule has 0 unspecified atom stereocenters. The normalized spacial score (nSPS) is 21.6. The second-order valence-corrected chi connectivity index (χ2v) is 11.8. The van der Waals surface area contributed by atoms with E-state index in [9.17, 15) is 14.4 Å². The molecule has 7 rings (SSSR count). The van der Waals surface area contributed by atoms with Crippen LogP contribution in [0.4, 0.5) is 11.5 Å². The van der Waals surface area contributed by atoms with Gasteiger partial charge in [-0.15, -0.1) is 11.3 Å². The number of rotatable bonds is 3. The largest absolute Gasteiger partial charge is 0.340 e. The van der Waals surface area contributed by atoms with Crippen molar-refractivity contribution in [1.82, 2.24) is 24.8 Å². The number of nitriles is 1. The molecule has 1 saturated carbocycles. The lowest BCUT2D eigenvalue weighted by atomic mass is 9.85. The fraction of sp³-hybridized carbons (Fsp3) is 0.440. The van der Waals surface area contributed by atoms with Crippen molar-refractivity contribution >= 4 is 56.5 Å². The summed E-state index contributed by atoms with van der Waals surface area (Å²) in [5, 5.41) is 16.2. The van der Waals surface area contributed by atoms with Crippen molar-refractivity contribution in [3.8, 4) is 6.07 Å². The van der Waals surface area contributed by atoms with E-state index < -0.39 is 5.66 Å². The van der Waals surface area contributed by atoms with Crippen molar-refractivity contribution in [3.05, 3.63) is 43.9 Å². The van der Waals surface area contributed by atoms with E-state index in [4.69, 9.17) is 16.9 Å². The molecule has 12 heteroatoms. The second kappa shape index (κ2) is 8.00. The molecule has 2 aliphatic heterocycles. The molecular formula is C25H22ClN7O3S. The summed E-state index contributed by atoms with van der Waals surface area (Å²) in [6, 6.07) is 3.71. The van der Waals surface area contributed by atoms with Crippen LogP contribution >= 0.6 is 22.9 Å². The lowest BCUT2D eigenvalue weighted by molar-refractivity contribution is -0.141. The van der Waals surface area contributed by atoms with Gasteiger partial charge in [-0.3, -0.25) is 19.0 Å². The maximum atomic E-state index is 13.5. The van der Waals surface area contributed by atoms with Crippen LogP contribution in [-0.4, -0.2) is 44.3 Å². The van der Waals surface area contributed by atoms with Gasteiger partial charge in [0.15, 0.2) is 0 Å². The summed E-state index contributed by atoms with van der Waals surface area (Å²) in [5.41, 5.74) is 0.551. The van der Waals surface area contributed by atoms with E-state index >= 15 is 0 Å². The zero-order chi connectivity index (χ0) is 25.5. The van der Waals surface area contributed by atoms with E-state index in [1.54, 1.807) is 16.2 Å². The van der Waals surface area contributed by atoms with Crippen molar-refractivity contribution < 1.29 is 9.59 Å². The van der Waals surface area contributed by atoms with E-state index in [1.165, 1.54) is 17.0 Å². The molecule has 188 valence electrons. The molecule has 3 aromatic rings. The molecule has 10 nitrogen and oxygen atoms in total. The zero-order valence-corrected chi connectivity index (χ0v) is 21.3. The van der Waals surface area contributed by atoms with Crippen molar-refractivity contribution in [2.45, 2.75) is 44.2 Å². The van der Waals surface area contributed by atoms with Crippen LogP contribution in [0, 0.1) is 23.2 Å². The smallest absolute Gasteiger partial charge is 0.276 e. The van der Waals surface area contributed by atoms with E-state index in [2.05, 4.69) is 26.7 Å². The molecule has 2 N–H and O–H groups in total. The quantitative estimate of drug-likeness (QED) is 0.526. The van der Waals surface area contributed by atoms with Gasteiger partial charge in [0.05, 0.1) is 22.4 Å². The highest BCUT2D eigenvalue weighted by Crippen LogP contribution is 2.43. The molecule has 0 bridgehead atoms. The summed E-state index contributed by atoms with van der Waals surface area (Å²) in [7, 11) is 0. The molecule has 37 heavy (non-hydrogen) atoms. The van der Waals surface area contributed by atoms with Gasteiger partial charge in [0.1, 0.15) is 34.0 Å². The Morgan fingerprint density at radius 1 is 1.30 bits per heavy atom. The molecule has 0 radical (unpaired) electrons. The lowest BCUT2D eigenvalue weighted by Crippen LogP contribution is -2.52. The minimum atomic E-state index is -0.696. The number of pyridine rings is 1. The van der Waals surface area contributed by atoms with Crippen LogP contribution in [-0.2, 0) is 23.3 Å². The van der Waals surface area contributed by atoms with Gasteiger partial charge in [-0.1, -0.05) is 11.6 Å². The number of thiophene rings is 1. The van der Waals surface area contributed by atoms with Gasteiger partial charge in [-0.05, 0) is 50.2 Å². The Bertz CT molecular complexity index is 1610. The highest BCUT2D eigenvalue weighted by Gasteiger charge is 2.49. The number of amides is 2. The van der Waals surface area contributed by atoms with E-state index in [1.807, 2.05) is 0 Å². The van der Waals surface area contributed by atoms with Crippen LogP contribution in [0.2, 0.25) is 5.02 Å². The Balaban J connectivity index is 1.22. The van der Waals surface area contributed by atoms with Crippen LogP contribution in [0.3, 0.4) is 0 Å².